The molecule has 0 aliphatic rings. The second-order valence-electron chi connectivity index (χ2n) is 5.43. The number of nitro groups is 1. The molecule has 0 aliphatic heterocycles. The first kappa shape index (κ1) is 19.6. The minimum Gasteiger partial charge on any atom is -0.502 e. The van der Waals surface area contributed by atoms with Gasteiger partial charge in [0, 0.05) is 18.6 Å². The highest BCUT2D eigenvalue weighted by atomic mass is 32.1. The van der Waals surface area contributed by atoms with Crippen LogP contribution in [0.2, 0.25) is 0 Å². The number of Topliss-reactive ketones (excluding diaryl/α,β-unsaturated/α-hetero) is 1. The first-order valence-corrected chi connectivity index (χ1v) is 8.41. The molecule has 0 heterocycles. The summed E-state index contributed by atoms with van der Waals surface area (Å²) in [7, 11) is 0. The number of carbonyl (C=O) groups is 1. The Bertz CT molecular complexity index is 821. The van der Waals surface area contributed by atoms with Gasteiger partial charge in [0.05, 0.1) is 10.8 Å². The molecule has 0 aromatic heterocycles. The standard InChI is InChI=1S/C18H15NO5S2/c20-16(10-15(17(21)25)13-4-2-1-3-5-13)18(26)24-11-12-6-8-14(9-7-12)19(22)23/h1-9,15H,10-11H2,(H,21,25). The number of hydrogen-bond donors (Lipinski definition) is 1. The number of hydrogen-bond acceptors (Lipinski definition) is 6. The first-order chi connectivity index (χ1) is 12.4. The zero-order chi connectivity index (χ0) is 19.1. The van der Waals surface area contributed by atoms with Crippen LogP contribution in [0.25, 0.3) is 0 Å². The van der Waals surface area contributed by atoms with Crippen molar-refractivity contribution >= 4 is 46.0 Å². The van der Waals surface area contributed by atoms with Gasteiger partial charge in [0.15, 0.2) is 5.05 Å². The van der Waals surface area contributed by atoms with Crippen LogP contribution in [0.4, 0.5) is 5.69 Å². The van der Waals surface area contributed by atoms with Gasteiger partial charge in [-0.15, -0.1) is 0 Å². The largest absolute Gasteiger partial charge is 0.502 e. The summed E-state index contributed by atoms with van der Waals surface area (Å²) in [6, 6.07) is 14.7. The lowest BCUT2D eigenvalue weighted by Crippen LogP contribution is -2.21. The average Bonchev–Trinajstić information content (AvgIpc) is 2.64. The first-order valence-electron chi connectivity index (χ1n) is 7.59. The molecule has 0 amide bonds. The number of ether oxygens (including phenoxy) is 1. The zero-order valence-electron chi connectivity index (χ0n) is 13.5. The Kier molecular flexibility index (Phi) is 6.88. The molecule has 0 saturated heterocycles. The van der Waals surface area contributed by atoms with E-state index in [4.69, 9.17) is 29.2 Å². The van der Waals surface area contributed by atoms with E-state index in [9.17, 15) is 20.0 Å². The Morgan fingerprint density at radius 3 is 2.27 bits per heavy atom. The van der Waals surface area contributed by atoms with E-state index in [1.54, 1.807) is 24.3 Å². The van der Waals surface area contributed by atoms with Gasteiger partial charge in [-0.2, -0.15) is 0 Å². The summed E-state index contributed by atoms with van der Waals surface area (Å²) in [6.45, 7) is 0.0160. The van der Waals surface area contributed by atoms with Crippen LogP contribution in [0.1, 0.15) is 23.5 Å². The number of aliphatic hydroxyl groups is 1. The van der Waals surface area contributed by atoms with E-state index in [0.717, 1.165) is 0 Å². The Balaban J connectivity index is 1.95. The molecule has 0 bridgehead atoms. The predicted molar refractivity (Wildman–Crippen MR) is 105 cm³/mol. The molecule has 0 fully saturated rings. The van der Waals surface area contributed by atoms with E-state index >= 15 is 0 Å². The van der Waals surface area contributed by atoms with E-state index in [2.05, 4.69) is 0 Å². The second-order valence-corrected chi connectivity index (χ2v) is 6.22. The van der Waals surface area contributed by atoms with Gasteiger partial charge in [-0.25, -0.2) is 0 Å². The Labute approximate surface area is 160 Å². The molecule has 0 spiro atoms. The Morgan fingerprint density at radius 2 is 1.73 bits per heavy atom. The van der Waals surface area contributed by atoms with E-state index in [0.29, 0.717) is 11.1 Å². The highest BCUT2D eigenvalue weighted by Crippen LogP contribution is 2.22. The molecule has 8 heteroatoms. The fourth-order valence-corrected chi connectivity index (χ4v) is 2.61. The third kappa shape index (κ3) is 5.40. The SMILES string of the molecule is O=C(CC(C(O)=S)c1ccccc1)C(=S)OCc1ccc([N+](=O)[O-])cc1. The number of non-ortho nitro benzene ring substituents is 1. The normalized spacial score (nSPS) is 11.4. The molecule has 0 radical (unpaired) electrons. The summed E-state index contributed by atoms with van der Waals surface area (Å²) in [5.74, 6) is -1.09. The third-order valence-corrected chi connectivity index (χ3v) is 4.26. The number of benzene rings is 2. The maximum atomic E-state index is 12.3. The lowest BCUT2D eigenvalue weighted by Gasteiger charge is -2.14. The summed E-state index contributed by atoms with van der Waals surface area (Å²) in [5.41, 5.74) is 1.32. The highest BCUT2D eigenvalue weighted by molar-refractivity contribution is 7.81. The number of ketones is 1. The smallest absolute Gasteiger partial charge is 0.269 e. The Morgan fingerprint density at radius 1 is 1.12 bits per heavy atom. The minimum absolute atomic E-state index is 0.0160. The maximum absolute atomic E-state index is 12.3. The highest BCUT2D eigenvalue weighted by Gasteiger charge is 2.23. The van der Waals surface area contributed by atoms with Gasteiger partial charge in [-0.3, -0.25) is 14.9 Å². The molecule has 1 N–H and O–H groups in total. The zero-order valence-corrected chi connectivity index (χ0v) is 15.2. The van der Waals surface area contributed by atoms with Gasteiger partial charge < -0.3 is 9.84 Å². The van der Waals surface area contributed by atoms with Crippen molar-refractivity contribution in [1.29, 1.82) is 0 Å². The van der Waals surface area contributed by atoms with Crippen molar-refractivity contribution < 1.29 is 19.6 Å². The van der Waals surface area contributed by atoms with Crippen LogP contribution >= 0.6 is 24.4 Å². The summed E-state index contributed by atoms with van der Waals surface area (Å²) >= 11 is 9.84. The summed E-state index contributed by atoms with van der Waals surface area (Å²) in [4.78, 5) is 22.4. The molecule has 1 atom stereocenters. The molecule has 0 aliphatic carbocycles. The molecule has 26 heavy (non-hydrogen) atoms. The number of nitro benzene ring substituents is 1. The van der Waals surface area contributed by atoms with Crippen molar-refractivity contribution in [3.05, 3.63) is 75.8 Å². The summed E-state index contributed by atoms with van der Waals surface area (Å²) in [5, 5.41) is 19.8. The van der Waals surface area contributed by atoms with Gasteiger partial charge in [0.1, 0.15) is 6.61 Å². The van der Waals surface area contributed by atoms with Gasteiger partial charge >= 0.3 is 0 Å². The topological polar surface area (TPSA) is 89.7 Å². The molecular formula is C18H15NO5S2. The quantitative estimate of drug-likeness (QED) is 0.413. The molecule has 2 rings (SSSR count). The monoisotopic (exact) mass is 389 g/mol. The molecule has 1 unspecified atom stereocenters. The second kappa shape index (κ2) is 9.12. The fourth-order valence-electron chi connectivity index (χ4n) is 2.25. The van der Waals surface area contributed by atoms with Crippen LogP contribution in [0.3, 0.4) is 0 Å². The molecule has 2 aromatic rings. The van der Waals surface area contributed by atoms with Crippen LogP contribution < -0.4 is 0 Å². The van der Waals surface area contributed by atoms with Gasteiger partial charge in [0.2, 0.25) is 10.8 Å². The van der Waals surface area contributed by atoms with Gasteiger partial charge in [0.25, 0.3) is 5.69 Å². The lowest BCUT2D eigenvalue weighted by molar-refractivity contribution is -0.384. The van der Waals surface area contributed by atoms with Crippen LogP contribution in [0.15, 0.2) is 54.6 Å². The summed E-state index contributed by atoms with van der Waals surface area (Å²) < 4.78 is 5.29. The van der Waals surface area contributed by atoms with E-state index in [-0.39, 0.29) is 28.8 Å². The Hall–Kier alpha value is -2.71. The maximum Gasteiger partial charge on any atom is 0.269 e. The van der Waals surface area contributed by atoms with E-state index < -0.39 is 16.6 Å². The van der Waals surface area contributed by atoms with Crippen LogP contribution in [0.5, 0.6) is 0 Å². The molecule has 6 nitrogen and oxygen atoms in total. The predicted octanol–water partition coefficient (Wildman–Crippen LogP) is 4.07. The number of rotatable bonds is 8. The molecule has 134 valence electrons. The molecule has 2 aromatic carbocycles. The third-order valence-electron chi connectivity index (χ3n) is 3.63. The van der Waals surface area contributed by atoms with Gasteiger partial charge in [-0.1, -0.05) is 30.3 Å². The van der Waals surface area contributed by atoms with Crippen LogP contribution in [0, 0.1) is 10.1 Å². The van der Waals surface area contributed by atoms with Crippen molar-refractivity contribution in [3.63, 3.8) is 0 Å². The van der Waals surface area contributed by atoms with Crippen molar-refractivity contribution in [2.75, 3.05) is 0 Å². The lowest BCUT2D eigenvalue weighted by atomic mass is 9.94. The number of nitrogens with zero attached hydrogens (tertiary/aromatic N) is 1. The van der Waals surface area contributed by atoms with Gasteiger partial charge in [-0.05, 0) is 47.7 Å². The van der Waals surface area contributed by atoms with Crippen LogP contribution in [-0.2, 0) is 16.1 Å². The number of aliphatic hydroxyl groups excluding tert-OH is 1. The van der Waals surface area contributed by atoms with Crippen molar-refractivity contribution in [2.45, 2.75) is 18.9 Å². The van der Waals surface area contributed by atoms with Crippen LogP contribution in [-0.4, -0.2) is 25.9 Å². The van der Waals surface area contributed by atoms with E-state index in [1.165, 1.54) is 24.3 Å². The van der Waals surface area contributed by atoms with Crippen molar-refractivity contribution in [2.24, 2.45) is 0 Å². The fraction of sp³-hybridized carbons (Fsp3) is 0.167. The molecule has 0 saturated carbocycles. The number of carbonyl (C=O) groups excluding carboxylic acids is 1. The average molecular weight is 389 g/mol. The molecular weight excluding hydrogens is 374 g/mol. The minimum atomic E-state index is -0.639. The summed E-state index contributed by atoms with van der Waals surface area (Å²) in [6.07, 6.45) is -0.0988. The van der Waals surface area contributed by atoms with E-state index in [1.807, 2.05) is 6.07 Å². The van der Waals surface area contributed by atoms with Crippen molar-refractivity contribution in [1.82, 2.24) is 0 Å². The number of thiocarbonyl (C=S) groups is 2. The van der Waals surface area contributed by atoms with Crippen molar-refractivity contribution in [3.8, 4) is 0 Å².